The van der Waals surface area contributed by atoms with Crippen LogP contribution in [0.5, 0.6) is 0 Å². The van der Waals surface area contributed by atoms with E-state index >= 15 is 0 Å². The van der Waals surface area contributed by atoms with Crippen LogP contribution in [-0.4, -0.2) is 33.0 Å². The first-order valence-electron chi connectivity index (χ1n) is 5.31. The lowest BCUT2D eigenvalue weighted by molar-refractivity contribution is -0.138. The highest BCUT2D eigenvalue weighted by atomic mass is 35.5. The van der Waals surface area contributed by atoms with E-state index < -0.39 is 23.0 Å². The van der Waals surface area contributed by atoms with Gasteiger partial charge in [-0.15, -0.1) is 11.6 Å². The van der Waals surface area contributed by atoms with Gasteiger partial charge in [0.05, 0.1) is 5.75 Å². The molecule has 0 saturated carbocycles. The molecule has 0 radical (unpaired) electrons. The van der Waals surface area contributed by atoms with Crippen molar-refractivity contribution < 1.29 is 14.1 Å². The third kappa shape index (κ3) is 5.03. The largest absolute Gasteiger partial charge is 0.480 e. The minimum absolute atomic E-state index is 0.264. The fraction of sp³-hybridized carbons (Fsp3) is 0.364. The Balaban J connectivity index is 2.57. The van der Waals surface area contributed by atoms with Gasteiger partial charge in [-0.3, -0.25) is 4.79 Å². The number of carboxylic acids is 1. The van der Waals surface area contributed by atoms with Gasteiger partial charge in [-0.1, -0.05) is 12.1 Å². The molecule has 2 atom stereocenters. The van der Waals surface area contributed by atoms with Crippen molar-refractivity contribution in [3.63, 3.8) is 0 Å². The third-order valence-corrected chi connectivity index (χ3v) is 3.67. The van der Waals surface area contributed by atoms with E-state index in [4.69, 9.17) is 22.4 Å². The number of carbonyl (C=O) groups is 1. The predicted octanol–water partition coefficient (Wildman–Crippen LogP) is 0.955. The summed E-state index contributed by atoms with van der Waals surface area (Å²) < 4.78 is 14.2. The summed E-state index contributed by atoms with van der Waals surface area (Å²) in [5.41, 5.74) is 6.95. The SMILES string of the molecule is N[C@@H](Cc1ccc(NS(=O)CCCl)cc1)C(=O)O. The maximum atomic E-state index is 11.4. The summed E-state index contributed by atoms with van der Waals surface area (Å²) >= 11 is 5.47. The van der Waals surface area contributed by atoms with E-state index in [1.807, 2.05) is 0 Å². The first kappa shape index (κ1) is 14.9. The van der Waals surface area contributed by atoms with Crippen LogP contribution < -0.4 is 10.5 Å². The van der Waals surface area contributed by atoms with Crippen LogP contribution >= 0.6 is 11.6 Å². The molecule has 7 heteroatoms. The van der Waals surface area contributed by atoms with Crippen LogP contribution in [0.25, 0.3) is 0 Å². The number of nitrogens with one attached hydrogen (secondary N) is 1. The van der Waals surface area contributed by atoms with E-state index in [0.29, 0.717) is 17.3 Å². The molecule has 0 aliphatic carbocycles. The fourth-order valence-corrected chi connectivity index (χ4v) is 2.36. The number of carboxylic acid groups (broad SMARTS) is 1. The molecule has 5 nitrogen and oxygen atoms in total. The minimum Gasteiger partial charge on any atom is -0.480 e. The zero-order chi connectivity index (χ0) is 13.5. The maximum absolute atomic E-state index is 11.4. The zero-order valence-corrected chi connectivity index (χ0v) is 11.2. The number of hydrogen-bond donors (Lipinski definition) is 3. The molecule has 100 valence electrons. The number of rotatable bonds is 7. The minimum atomic E-state index is -1.20. The number of benzene rings is 1. The molecule has 0 bridgehead atoms. The molecular formula is C11H15ClN2O3S. The van der Waals surface area contributed by atoms with Crippen LogP contribution in [0.3, 0.4) is 0 Å². The summed E-state index contributed by atoms with van der Waals surface area (Å²) in [6.07, 6.45) is 0.264. The van der Waals surface area contributed by atoms with Gasteiger partial charge >= 0.3 is 5.97 Å². The molecule has 0 aliphatic rings. The molecule has 1 unspecified atom stereocenters. The normalized spacial score (nSPS) is 13.9. The van der Waals surface area contributed by atoms with Crippen LogP contribution in [0.1, 0.15) is 5.56 Å². The number of alkyl halides is 1. The van der Waals surface area contributed by atoms with Gasteiger partial charge in [0.15, 0.2) is 0 Å². The Labute approximate surface area is 113 Å². The average Bonchev–Trinajstić information content (AvgIpc) is 2.31. The second-order valence-corrected chi connectivity index (χ2v) is 5.37. The van der Waals surface area contributed by atoms with Gasteiger partial charge in [-0.2, -0.15) is 0 Å². The fourth-order valence-electron chi connectivity index (χ4n) is 1.30. The van der Waals surface area contributed by atoms with Crippen LogP contribution in [0.2, 0.25) is 0 Å². The molecule has 1 aromatic carbocycles. The quantitative estimate of drug-likeness (QED) is 0.652. The van der Waals surface area contributed by atoms with E-state index in [2.05, 4.69) is 4.72 Å². The van der Waals surface area contributed by atoms with Crippen molar-refractivity contribution in [2.45, 2.75) is 12.5 Å². The number of nitrogens with two attached hydrogens (primary N) is 1. The first-order chi connectivity index (χ1) is 8.52. The summed E-state index contributed by atoms with van der Waals surface area (Å²) in [7, 11) is -1.20. The monoisotopic (exact) mass is 290 g/mol. The molecule has 0 heterocycles. The van der Waals surface area contributed by atoms with Gasteiger partial charge in [-0.05, 0) is 24.1 Å². The summed E-state index contributed by atoms with van der Waals surface area (Å²) in [5.74, 6) is -0.335. The molecule has 1 rings (SSSR count). The highest BCUT2D eigenvalue weighted by Gasteiger charge is 2.11. The molecule has 18 heavy (non-hydrogen) atoms. The molecule has 0 saturated heterocycles. The molecule has 0 aromatic heterocycles. The predicted molar refractivity (Wildman–Crippen MR) is 73.1 cm³/mol. The smallest absolute Gasteiger partial charge is 0.320 e. The van der Waals surface area contributed by atoms with Crippen molar-refractivity contribution in [3.05, 3.63) is 29.8 Å². The van der Waals surface area contributed by atoms with Crippen molar-refractivity contribution >= 4 is 34.2 Å². The van der Waals surface area contributed by atoms with Gasteiger partial charge in [0.2, 0.25) is 0 Å². The highest BCUT2D eigenvalue weighted by Crippen LogP contribution is 2.11. The summed E-state index contributed by atoms with van der Waals surface area (Å²) in [6, 6.07) is 6.06. The highest BCUT2D eigenvalue weighted by molar-refractivity contribution is 7.86. The van der Waals surface area contributed by atoms with E-state index in [1.54, 1.807) is 24.3 Å². The van der Waals surface area contributed by atoms with Crippen LogP contribution in [0, 0.1) is 0 Å². The lowest BCUT2D eigenvalue weighted by Gasteiger charge is -2.08. The molecule has 1 aromatic rings. The number of halogens is 1. The maximum Gasteiger partial charge on any atom is 0.320 e. The summed E-state index contributed by atoms with van der Waals surface area (Å²) in [5, 5.41) is 8.69. The molecule has 0 fully saturated rings. The average molecular weight is 291 g/mol. The Kier molecular flexibility index (Phi) is 6.11. The zero-order valence-electron chi connectivity index (χ0n) is 9.64. The summed E-state index contributed by atoms with van der Waals surface area (Å²) in [6.45, 7) is 0. The lowest BCUT2D eigenvalue weighted by atomic mass is 10.1. The third-order valence-electron chi connectivity index (χ3n) is 2.22. The Morgan fingerprint density at radius 1 is 1.44 bits per heavy atom. The molecule has 4 N–H and O–H groups in total. The van der Waals surface area contributed by atoms with Crippen molar-refractivity contribution in [2.75, 3.05) is 16.4 Å². The van der Waals surface area contributed by atoms with Gasteiger partial charge in [0.25, 0.3) is 0 Å². The van der Waals surface area contributed by atoms with Gasteiger partial charge in [0, 0.05) is 11.6 Å². The Hall–Kier alpha value is -1.11. The van der Waals surface area contributed by atoms with Crippen molar-refractivity contribution in [1.29, 1.82) is 0 Å². The second-order valence-electron chi connectivity index (χ2n) is 3.69. The van der Waals surface area contributed by atoms with E-state index in [1.165, 1.54) is 0 Å². The molecule has 0 aliphatic heterocycles. The van der Waals surface area contributed by atoms with E-state index in [0.717, 1.165) is 5.56 Å². The molecular weight excluding hydrogens is 276 g/mol. The summed E-state index contributed by atoms with van der Waals surface area (Å²) in [4.78, 5) is 10.6. The first-order valence-corrected chi connectivity index (χ1v) is 7.16. The number of aliphatic carboxylic acids is 1. The van der Waals surface area contributed by atoms with Crippen LogP contribution in [-0.2, 0) is 22.2 Å². The van der Waals surface area contributed by atoms with Gasteiger partial charge in [0.1, 0.15) is 17.0 Å². The van der Waals surface area contributed by atoms with Crippen LogP contribution in [0.4, 0.5) is 5.69 Å². The Morgan fingerprint density at radius 3 is 2.56 bits per heavy atom. The van der Waals surface area contributed by atoms with Crippen molar-refractivity contribution in [1.82, 2.24) is 0 Å². The van der Waals surface area contributed by atoms with Gasteiger partial charge in [-0.25, -0.2) is 4.21 Å². The lowest BCUT2D eigenvalue weighted by Crippen LogP contribution is -2.32. The topological polar surface area (TPSA) is 92.4 Å². The van der Waals surface area contributed by atoms with Crippen molar-refractivity contribution in [3.8, 4) is 0 Å². The van der Waals surface area contributed by atoms with Crippen molar-refractivity contribution in [2.24, 2.45) is 5.73 Å². The number of hydrogen-bond acceptors (Lipinski definition) is 3. The standard InChI is InChI=1S/C11H15ClN2O3S/c12-5-6-18(17)14-9-3-1-8(2-4-9)7-10(13)11(15)16/h1-4,10,14H,5-7,13H2,(H,15,16)/t10-,18?/m0/s1. The number of anilines is 1. The molecule has 0 spiro atoms. The van der Waals surface area contributed by atoms with Gasteiger partial charge < -0.3 is 15.6 Å². The van der Waals surface area contributed by atoms with E-state index in [-0.39, 0.29) is 6.42 Å². The Bertz CT molecular complexity index is 425. The van der Waals surface area contributed by atoms with E-state index in [9.17, 15) is 9.00 Å². The second kappa shape index (κ2) is 7.35. The molecule has 0 amide bonds. The van der Waals surface area contributed by atoms with Crippen LogP contribution in [0.15, 0.2) is 24.3 Å². The Morgan fingerprint density at radius 2 is 2.06 bits per heavy atom.